The molecule has 0 saturated carbocycles. The number of methoxy groups -OCH3 is 1. The molecule has 1 aliphatic rings. The van der Waals surface area contributed by atoms with Gasteiger partial charge in [0, 0.05) is 18.6 Å². The van der Waals surface area contributed by atoms with Crippen LogP contribution in [0, 0.1) is 5.92 Å². The minimum atomic E-state index is -0.222. The molecule has 1 heterocycles. The standard InChI is InChI=1S/C12H23NO3/c1-4-9(2)13-11(12(14)15-3)10-6-5-7-16-8-10/h9-11,13H,4-8H2,1-3H3. The molecule has 16 heavy (non-hydrogen) atoms. The van der Waals surface area contributed by atoms with Crippen molar-refractivity contribution in [3.8, 4) is 0 Å². The van der Waals surface area contributed by atoms with Gasteiger partial charge in [-0.2, -0.15) is 0 Å². The fourth-order valence-electron chi connectivity index (χ4n) is 1.98. The highest BCUT2D eigenvalue weighted by Gasteiger charge is 2.31. The summed E-state index contributed by atoms with van der Waals surface area (Å²) in [4.78, 5) is 11.7. The first-order valence-electron chi connectivity index (χ1n) is 6.10. The van der Waals surface area contributed by atoms with E-state index in [1.165, 1.54) is 7.11 Å². The van der Waals surface area contributed by atoms with Crippen LogP contribution in [0.1, 0.15) is 33.1 Å². The third kappa shape index (κ3) is 3.76. The van der Waals surface area contributed by atoms with Crippen molar-refractivity contribution in [3.05, 3.63) is 0 Å². The lowest BCUT2D eigenvalue weighted by molar-refractivity contribution is -0.146. The molecular weight excluding hydrogens is 206 g/mol. The molecule has 0 bridgehead atoms. The van der Waals surface area contributed by atoms with E-state index < -0.39 is 0 Å². The van der Waals surface area contributed by atoms with Crippen molar-refractivity contribution < 1.29 is 14.3 Å². The Morgan fingerprint density at radius 2 is 2.38 bits per heavy atom. The molecule has 0 aromatic heterocycles. The lowest BCUT2D eigenvalue weighted by Gasteiger charge is -2.30. The number of hydrogen-bond donors (Lipinski definition) is 1. The number of hydrogen-bond acceptors (Lipinski definition) is 4. The first-order chi connectivity index (χ1) is 7.69. The van der Waals surface area contributed by atoms with Gasteiger partial charge in [0.25, 0.3) is 0 Å². The maximum Gasteiger partial charge on any atom is 0.323 e. The van der Waals surface area contributed by atoms with Crippen molar-refractivity contribution in [2.24, 2.45) is 5.92 Å². The number of carbonyl (C=O) groups excluding carboxylic acids is 1. The van der Waals surface area contributed by atoms with Gasteiger partial charge in [0.2, 0.25) is 0 Å². The van der Waals surface area contributed by atoms with Gasteiger partial charge in [-0.15, -0.1) is 0 Å². The van der Waals surface area contributed by atoms with E-state index in [1.807, 2.05) is 0 Å². The summed E-state index contributed by atoms with van der Waals surface area (Å²) in [7, 11) is 1.44. The second kappa shape index (κ2) is 6.86. The van der Waals surface area contributed by atoms with Crippen LogP contribution in [0.25, 0.3) is 0 Å². The summed E-state index contributed by atoms with van der Waals surface area (Å²) in [6, 6.07) is 0.103. The molecule has 1 aliphatic heterocycles. The van der Waals surface area contributed by atoms with Gasteiger partial charge < -0.3 is 14.8 Å². The second-order valence-electron chi connectivity index (χ2n) is 4.45. The minimum absolute atomic E-state index is 0.171. The number of esters is 1. The van der Waals surface area contributed by atoms with Crippen molar-refractivity contribution in [2.45, 2.75) is 45.2 Å². The molecule has 1 fully saturated rings. The van der Waals surface area contributed by atoms with Crippen LogP contribution in [0.5, 0.6) is 0 Å². The minimum Gasteiger partial charge on any atom is -0.468 e. The SMILES string of the molecule is CCC(C)NC(C(=O)OC)C1CCCOC1. The maximum atomic E-state index is 11.7. The first-order valence-corrected chi connectivity index (χ1v) is 6.10. The van der Waals surface area contributed by atoms with Gasteiger partial charge in [-0.05, 0) is 26.2 Å². The monoisotopic (exact) mass is 229 g/mol. The molecule has 0 spiro atoms. The predicted octanol–water partition coefficient (Wildman–Crippen LogP) is 1.34. The lowest BCUT2D eigenvalue weighted by atomic mass is 9.93. The Balaban J connectivity index is 2.58. The molecule has 1 N–H and O–H groups in total. The predicted molar refractivity (Wildman–Crippen MR) is 62.2 cm³/mol. The highest BCUT2D eigenvalue weighted by molar-refractivity contribution is 5.76. The molecule has 0 radical (unpaired) electrons. The molecule has 4 heteroatoms. The molecule has 0 aliphatic carbocycles. The Hall–Kier alpha value is -0.610. The van der Waals surface area contributed by atoms with Gasteiger partial charge in [0.15, 0.2) is 0 Å². The summed E-state index contributed by atoms with van der Waals surface area (Å²) in [6.07, 6.45) is 3.06. The zero-order chi connectivity index (χ0) is 12.0. The average molecular weight is 229 g/mol. The Bertz CT molecular complexity index is 214. The molecule has 1 rings (SSSR count). The smallest absolute Gasteiger partial charge is 0.323 e. The molecule has 3 atom stereocenters. The van der Waals surface area contributed by atoms with Crippen molar-refractivity contribution in [1.82, 2.24) is 5.32 Å². The number of ether oxygens (including phenoxy) is 2. The second-order valence-corrected chi connectivity index (χ2v) is 4.45. The summed E-state index contributed by atoms with van der Waals surface area (Å²) < 4.78 is 10.3. The van der Waals surface area contributed by atoms with Crippen LogP contribution < -0.4 is 5.32 Å². The Morgan fingerprint density at radius 1 is 1.62 bits per heavy atom. The highest BCUT2D eigenvalue weighted by Crippen LogP contribution is 2.19. The van der Waals surface area contributed by atoms with E-state index >= 15 is 0 Å². The van der Waals surface area contributed by atoms with Crippen LogP contribution in [0.3, 0.4) is 0 Å². The van der Waals surface area contributed by atoms with Crippen LogP contribution in [0.2, 0.25) is 0 Å². The summed E-state index contributed by atoms with van der Waals surface area (Å²) >= 11 is 0. The zero-order valence-corrected chi connectivity index (χ0v) is 10.5. The van der Waals surface area contributed by atoms with Gasteiger partial charge in [0.1, 0.15) is 6.04 Å². The van der Waals surface area contributed by atoms with Crippen molar-refractivity contribution in [3.63, 3.8) is 0 Å². The number of nitrogens with one attached hydrogen (secondary N) is 1. The fourth-order valence-corrected chi connectivity index (χ4v) is 1.98. The van der Waals surface area contributed by atoms with Gasteiger partial charge in [-0.25, -0.2) is 0 Å². The molecule has 0 aromatic rings. The topological polar surface area (TPSA) is 47.6 Å². The Morgan fingerprint density at radius 3 is 2.88 bits per heavy atom. The van der Waals surface area contributed by atoms with Gasteiger partial charge in [0.05, 0.1) is 13.7 Å². The molecule has 0 aromatic carbocycles. The summed E-state index contributed by atoms with van der Waals surface area (Å²) in [5, 5.41) is 3.33. The maximum absolute atomic E-state index is 11.7. The molecule has 4 nitrogen and oxygen atoms in total. The first kappa shape index (κ1) is 13.5. The normalized spacial score (nSPS) is 24.8. The van der Waals surface area contributed by atoms with Crippen molar-refractivity contribution >= 4 is 5.97 Å². The highest BCUT2D eigenvalue weighted by atomic mass is 16.5. The van der Waals surface area contributed by atoms with E-state index in [-0.39, 0.29) is 17.9 Å². The summed E-state index contributed by atoms with van der Waals surface area (Å²) in [6.45, 7) is 5.65. The quantitative estimate of drug-likeness (QED) is 0.723. The van der Waals surface area contributed by atoms with E-state index in [4.69, 9.17) is 9.47 Å². The fraction of sp³-hybridized carbons (Fsp3) is 0.917. The molecule has 94 valence electrons. The van der Waals surface area contributed by atoms with Crippen LogP contribution in [0.4, 0.5) is 0 Å². The number of rotatable bonds is 5. The van der Waals surface area contributed by atoms with Gasteiger partial charge in [-0.3, -0.25) is 4.79 Å². The van der Waals surface area contributed by atoms with Gasteiger partial charge in [-0.1, -0.05) is 6.92 Å². The van der Waals surface area contributed by atoms with E-state index in [0.717, 1.165) is 25.9 Å². The van der Waals surface area contributed by atoms with Gasteiger partial charge >= 0.3 is 5.97 Å². The van der Waals surface area contributed by atoms with Crippen LogP contribution in [0.15, 0.2) is 0 Å². The van der Waals surface area contributed by atoms with Crippen molar-refractivity contribution in [1.29, 1.82) is 0 Å². The molecule has 3 unspecified atom stereocenters. The van der Waals surface area contributed by atoms with Crippen molar-refractivity contribution in [2.75, 3.05) is 20.3 Å². The van der Waals surface area contributed by atoms with E-state index in [9.17, 15) is 4.79 Å². The Kier molecular flexibility index (Phi) is 5.77. The largest absolute Gasteiger partial charge is 0.468 e. The third-order valence-electron chi connectivity index (χ3n) is 3.20. The molecule has 1 saturated heterocycles. The van der Waals surface area contributed by atoms with Crippen LogP contribution in [-0.2, 0) is 14.3 Å². The number of carbonyl (C=O) groups is 1. The molecule has 0 amide bonds. The summed E-state index contributed by atoms with van der Waals surface area (Å²) in [5.41, 5.74) is 0. The van der Waals surface area contributed by atoms with Crippen LogP contribution >= 0.6 is 0 Å². The van der Waals surface area contributed by atoms with E-state index in [1.54, 1.807) is 0 Å². The zero-order valence-electron chi connectivity index (χ0n) is 10.5. The lowest BCUT2D eigenvalue weighted by Crippen LogP contribution is -2.49. The van der Waals surface area contributed by atoms with E-state index in [2.05, 4.69) is 19.2 Å². The van der Waals surface area contributed by atoms with Crippen LogP contribution in [-0.4, -0.2) is 38.4 Å². The Labute approximate surface area is 97.7 Å². The third-order valence-corrected chi connectivity index (χ3v) is 3.20. The molecular formula is C12H23NO3. The van der Waals surface area contributed by atoms with E-state index in [0.29, 0.717) is 12.6 Å². The summed E-state index contributed by atoms with van der Waals surface area (Å²) in [5.74, 6) is 0.0750. The average Bonchev–Trinajstić information content (AvgIpc) is 2.35.